The number of hydrogen-bond acceptors (Lipinski definition) is 2. The van der Waals surface area contributed by atoms with Crippen LogP contribution >= 0.6 is 0 Å². The second-order valence-corrected chi connectivity index (χ2v) is 11.0. The van der Waals surface area contributed by atoms with Gasteiger partial charge in [0.25, 0.3) is 0 Å². The Morgan fingerprint density at radius 2 is 1.48 bits per heavy atom. The van der Waals surface area contributed by atoms with Gasteiger partial charge in [-0.05, 0) is 82.6 Å². The van der Waals surface area contributed by atoms with Gasteiger partial charge in [0, 0.05) is 31.2 Å². The Kier molecular flexibility index (Phi) is 4.64. The third-order valence-corrected chi connectivity index (χ3v) is 7.21. The molecule has 0 bridgehead atoms. The van der Waals surface area contributed by atoms with Crippen molar-refractivity contribution in [1.82, 2.24) is 9.80 Å². The molecule has 1 aliphatic carbocycles. The summed E-state index contributed by atoms with van der Waals surface area (Å²) < 4.78 is 0. The van der Waals surface area contributed by atoms with E-state index in [0.29, 0.717) is 16.4 Å². The van der Waals surface area contributed by atoms with Crippen LogP contribution in [0.25, 0.3) is 0 Å². The summed E-state index contributed by atoms with van der Waals surface area (Å²) in [6.45, 7) is 19.8. The van der Waals surface area contributed by atoms with Crippen LogP contribution in [0.3, 0.4) is 0 Å². The van der Waals surface area contributed by atoms with Crippen LogP contribution < -0.4 is 0 Å². The van der Waals surface area contributed by atoms with Gasteiger partial charge >= 0.3 is 0 Å². The monoisotopic (exact) mass is 320 g/mol. The van der Waals surface area contributed by atoms with Gasteiger partial charge in [-0.15, -0.1) is 0 Å². The first kappa shape index (κ1) is 17.7. The quantitative estimate of drug-likeness (QED) is 0.685. The highest BCUT2D eigenvalue weighted by Gasteiger charge is 2.48. The van der Waals surface area contributed by atoms with E-state index in [1.165, 1.54) is 64.7 Å². The normalized spacial score (nSPS) is 31.3. The Morgan fingerprint density at radius 3 is 2.00 bits per heavy atom. The van der Waals surface area contributed by atoms with Crippen molar-refractivity contribution >= 4 is 0 Å². The van der Waals surface area contributed by atoms with E-state index in [1.54, 1.807) is 0 Å². The summed E-state index contributed by atoms with van der Waals surface area (Å²) in [6.07, 6.45) is 8.72. The second kappa shape index (κ2) is 6.02. The van der Waals surface area contributed by atoms with Gasteiger partial charge in [0.2, 0.25) is 0 Å². The van der Waals surface area contributed by atoms with Gasteiger partial charge < -0.3 is 0 Å². The van der Waals surface area contributed by atoms with Crippen molar-refractivity contribution in [3.8, 4) is 0 Å². The smallest absolute Gasteiger partial charge is 0.0224 e. The minimum Gasteiger partial charge on any atom is -0.298 e. The average Bonchev–Trinajstić information content (AvgIpc) is 2.43. The summed E-state index contributed by atoms with van der Waals surface area (Å²) in [7, 11) is 0. The fourth-order valence-electron chi connectivity index (χ4n) is 5.35. The molecular weight excluding hydrogens is 280 g/mol. The standard InChI is InChI=1S/C21H40N2/c1-19(2,3)17-9-11-21(12-10-17)15-22(16-21)18-8-7-13-23(14-18)20(4,5)6/h17-18H,7-16H2,1-6H3. The molecule has 3 rings (SSSR count). The molecule has 134 valence electrons. The minimum atomic E-state index is 0.339. The Labute approximate surface area is 145 Å². The van der Waals surface area contributed by atoms with Crippen LogP contribution in [0.2, 0.25) is 0 Å². The molecule has 0 aromatic rings. The first-order chi connectivity index (χ1) is 10.6. The maximum absolute atomic E-state index is 2.83. The highest BCUT2D eigenvalue weighted by atomic mass is 15.3. The van der Waals surface area contributed by atoms with E-state index in [0.717, 1.165) is 12.0 Å². The molecule has 1 saturated carbocycles. The fraction of sp³-hybridized carbons (Fsp3) is 1.00. The van der Waals surface area contributed by atoms with Gasteiger partial charge in [-0.1, -0.05) is 20.8 Å². The highest BCUT2D eigenvalue weighted by Crippen LogP contribution is 2.50. The third-order valence-electron chi connectivity index (χ3n) is 7.21. The van der Waals surface area contributed by atoms with Gasteiger partial charge in [0.1, 0.15) is 0 Å². The largest absolute Gasteiger partial charge is 0.298 e. The van der Waals surface area contributed by atoms with Crippen LogP contribution in [0, 0.1) is 16.7 Å². The lowest BCUT2D eigenvalue weighted by Crippen LogP contribution is -2.64. The molecule has 1 unspecified atom stereocenters. The van der Waals surface area contributed by atoms with Gasteiger partial charge in [0.05, 0.1) is 0 Å². The Hall–Kier alpha value is -0.0800. The van der Waals surface area contributed by atoms with E-state index in [1.807, 2.05) is 0 Å². The topological polar surface area (TPSA) is 6.48 Å². The number of likely N-dealkylation sites (tertiary alicyclic amines) is 2. The lowest BCUT2D eigenvalue weighted by Gasteiger charge is -2.58. The lowest BCUT2D eigenvalue weighted by atomic mass is 9.61. The number of rotatable bonds is 1. The van der Waals surface area contributed by atoms with E-state index in [4.69, 9.17) is 0 Å². The predicted molar refractivity (Wildman–Crippen MR) is 99.8 cm³/mol. The molecule has 0 radical (unpaired) electrons. The van der Waals surface area contributed by atoms with Gasteiger partial charge in [-0.3, -0.25) is 9.80 Å². The van der Waals surface area contributed by atoms with E-state index < -0.39 is 0 Å². The molecule has 0 aromatic heterocycles. The van der Waals surface area contributed by atoms with E-state index in [-0.39, 0.29) is 0 Å². The van der Waals surface area contributed by atoms with Crippen LogP contribution in [0.4, 0.5) is 0 Å². The van der Waals surface area contributed by atoms with E-state index in [2.05, 4.69) is 51.3 Å². The van der Waals surface area contributed by atoms with Crippen molar-refractivity contribution in [3.63, 3.8) is 0 Å². The molecule has 2 aliphatic heterocycles. The highest BCUT2D eigenvalue weighted by molar-refractivity contribution is 5.02. The van der Waals surface area contributed by atoms with E-state index in [9.17, 15) is 0 Å². The Morgan fingerprint density at radius 1 is 0.870 bits per heavy atom. The van der Waals surface area contributed by atoms with E-state index >= 15 is 0 Å². The fourth-order valence-corrected chi connectivity index (χ4v) is 5.35. The maximum atomic E-state index is 2.83. The summed E-state index contributed by atoms with van der Waals surface area (Å²) in [6, 6.07) is 0.828. The van der Waals surface area contributed by atoms with Crippen molar-refractivity contribution in [1.29, 1.82) is 0 Å². The molecule has 3 aliphatic rings. The number of piperidine rings is 1. The van der Waals surface area contributed by atoms with Crippen molar-refractivity contribution in [2.75, 3.05) is 26.2 Å². The number of nitrogens with zero attached hydrogens (tertiary/aromatic N) is 2. The van der Waals surface area contributed by atoms with Crippen molar-refractivity contribution in [2.24, 2.45) is 16.7 Å². The summed E-state index contributed by atoms with van der Waals surface area (Å²) >= 11 is 0. The summed E-state index contributed by atoms with van der Waals surface area (Å²) in [5.74, 6) is 0.952. The first-order valence-corrected chi connectivity index (χ1v) is 10.1. The van der Waals surface area contributed by atoms with Crippen LogP contribution in [-0.4, -0.2) is 47.6 Å². The first-order valence-electron chi connectivity index (χ1n) is 10.1. The molecule has 2 heteroatoms. The zero-order valence-electron chi connectivity index (χ0n) is 16.6. The molecule has 1 spiro atoms. The van der Waals surface area contributed by atoms with Crippen LogP contribution in [-0.2, 0) is 0 Å². The van der Waals surface area contributed by atoms with Crippen molar-refractivity contribution < 1.29 is 0 Å². The SMILES string of the molecule is CC(C)(C)C1CCC2(CC1)CN(C1CCCN(C(C)(C)C)C1)C2. The zero-order valence-corrected chi connectivity index (χ0v) is 16.6. The summed E-state index contributed by atoms with van der Waals surface area (Å²) in [5.41, 5.74) is 1.55. The molecule has 2 saturated heterocycles. The molecule has 0 aromatic carbocycles. The Bertz CT molecular complexity index is 399. The van der Waals surface area contributed by atoms with Crippen molar-refractivity contribution in [2.45, 2.75) is 91.6 Å². The molecule has 2 nitrogen and oxygen atoms in total. The van der Waals surface area contributed by atoms with Crippen LogP contribution in [0.1, 0.15) is 80.1 Å². The zero-order chi connectivity index (χ0) is 16.9. The van der Waals surface area contributed by atoms with Crippen LogP contribution in [0.5, 0.6) is 0 Å². The number of hydrogen-bond donors (Lipinski definition) is 0. The minimum absolute atomic E-state index is 0.339. The third kappa shape index (κ3) is 3.79. The molecule has 23 heavy (non-hydrogen) atoms. The average molecular weight is 321 g/mol. The molecule has 1 atom stereocenters. The van der Waals surface area contributed by atoms with Gasteiger partial charge in [0.15, 0.2) is 0 Å². The molecule has 3 fully saturated rings. The second-order valence-electron chi connectivity index (χ2n) is 11.0. The molecule has 2 heterocycles. The summed E-state index contributed by atoms with van der Waals surface area (Å²) in [4.78, 5) is 5.54. The maximum Gasteiger partial charge on any atom is 0.0224 e. The Balaban J connectivity index is 1.50. The molecular formula is C21H40N2. The lowest BCUT2D eigenvalue weighted by molar-refractivity contribution is -0.0902. The summed E-state index contributed by atoms with van der Waals surface area (Å²) in [5, 5.41) is 0. The predicted octanol–water partition coefficient (Wildman–Crippen LogP) is 4.79. The molecule has 0 amide bonds. The van der Waals surface area contributed by atoms with Gasteiger partial charge in [-0.2, -0.15) is 0 Å². The van der Waals surface area contributed by atoms with Gasteiger partial charge in [-0.25, -0.2) is 0 Å². The van der Waals surface area contributed by atoms with Crippen molar-refractivity contribution in [3.05, 3.63) is 0 Å². The van der Waals surface area contributed by atoms with Crippen LogP contribution in [0.15, 0.2) is 0 Å². The molecule has 0 N–H and O–H groups in total.